The van der Waals surface area contributed by atoms with E-state index in [4.69, 9.17) is 0 Å². The lowest BCUT2D eigenvalue weighted by atomic mass is 10.1. The Bertz CT molecular complexity index is 409. The molecule has 3 rings (SSSR count). The van der Waals surface area contributed by atoms with E-state index in [0.717, 1.165) is 24.9 Å². The van der Waals surface area contributed by atoms with Crippen LogP contribution < -0.4 is 4.90 Å². The van der Waals surface area contributed by atoms with Gasteiger partial charge in [0.15, 0.2) is 0 Å². The Morgan fingerprint density at radius 2 is 2.07 bits per heavy atom. The number of anilines is 1. The second-order valence-corrected chi connectivity index (χ2v) is 4.66. The lowest BCUT2D eigenvalue weighted by Crippen LogP contribution is -2.36. The molecule has 0 spiro atoms. The number of carbonyl (C=O) groups is 1. The van der Waals surface area contributed by atoms with Crippen LogP contribution in [0.4, 0.5) is 5.69 Å². The van der Waals surface area contributed by atoms with Crippen LogP contribution in [0.2, 0.25) is 0 Å². The molecule has 1 saturated carbocycles. The molecule has 1 fully saturated rings. The Morgan fingerprint density at radius 3 is 2.80 bits per heavy atom. The van der Waals surface area contributed by atoms with Gasteiger partial charge < -0.3 is 4.90 Å². The monoisotopic (exact) mass is 201 g/mol. The van der Waals surface area contributed by atoms with E-state index in [2.05, 4.69) is 25.1 Å². The van der Waals surface area contributed by atoms with Gasteiger partial charge in [0.25, 0.3) is 0 Å². The summed E-state index contributed by atoms with van der Waals surface area (Å²) >= 11 is 0. The number of hydrogen-bond donors (Lipinski definition) is 0. The number of carbonyl (C=O) groups excluding carboxylic acids is 1. The van der Waals surface area contributed by atoms with Crippen LogP contribution in [0.25, 0.3) is 0 Å². The van der Waals surface area contributed by atoms with E-state index in [1.807, 2.05) is 11.0 Å². The standard InChI is InChI=1S/C13H15NO/c1-9-8-11-4-2-3-5-12(11)14(9)13(15)10-6-7-10/h2-5,9-10H,6-8H2,1H3/t9-/m0/s1. The van der Waals surface area contributed by atoms with Crippen molar-refractivity contribution in [2.24, 2.45) is 5.92 Å². The summed E-state index contributed by atoms with van der Waals surface area (Å²) in [4.78, 5) is 14.1. The van der Waals surface area contributed by atoms with Gasteiger partial charge in [-0.15, -0.1) is 0 Å². The summed E-state index contributed by atoms with van der Waals surface area (Å²) in [6.45, 7) is 2.14. The molecule has 2 nitrogen and oxygen atoms in total. The van der Waals surface area contributed by atoms with E-state index in [0.29, 0.717) is 17.9 Å². The zero-order valence-electron chi connectivity index (χ0n) is 8.94. The lowest BCUT2D eigenvalue weighted by Gasteiger charge is -2.22. The lowest BCUT2D eigenvalue weighted by molar-refractivity contribution is -0.120. The molecular formula is C13H15NO. The van der Waals surface area contributed by atoms with Gasteiger partial charge >= 0.3 is 0 Å². The summed E-state index contributed by atoms with van der Waals surface area (Å²) in [5, 5.41) is 0. The number of amides is 1. The SMILES string of the molecule is C[C@H]1Cc2ccccc2N1C(=O)C1CC1. The molecular weight excluding hydrogens is 186 g/mol. The molecule has 0 saturated heterocycles. The van der Waals surface area contributed by atoms with Crippen molar-refractivity contribution < 1.29 is 4.79 Å². The van der Waals surface area contributed by atoms with Crippen molar-refractivity contribution in [1.29, 1.82) is 0 Å². The van der Waals surface area contributed by atoms with Crippen LogP contribution in [0.5, 0.6) is 0 Å². The Morgan fingerprint density at radius 1 is 1.33 bits per heavy atom. The minimum absolute atomic E-state index is 0.318. The molecule has 1 heterocycles. The second-order valence-electron chi connectivity index (χ2n) is 4.66. The first-order valence-electron chi connectivity index (χ1n) is 5.68. The van der Waals surface area contributed by atoms with Crippen molar-refractivity contribution in [1.82, 2.24) is 0 Å². The predicted molar refractivity (Wildman–Crippen MR) is 59.8 cm³/mol. The van der Waals surface area contributed by atoms with Gasteiger partial charge in [-0.2, -0.15) is 0 Å². The van der Waals surface area contributed by atoms with Gasteiger partial charge in [-0.1, -0.05) is 18.2 Å². The van der Waals surface area contributed by atoms with Gasteiger partial charge in [-0.05, 0) is 37.8 Å². The van der Waals surface area contributed by atoms with Gasteiger partial charge in [0, 0.05) is 17.6 Å². The maximum absolute atomic E-state index is 12.1. The van der Waals surface area contributed by atoms with Crippen molar-refractivity contribution in [3.8, 4) is 0 Å². The number of fused-ring (bicyclic) bond motifs is 1. The van der Waals surface area contributed by atoms with Crippen LogP contribution in [0, 0.1) is 5.92 Å². The molecule has 1 aliphatic carbocycles. The summed E-state index contributed by atoms with van der Waals surface area (Å²) < 4.78 is 0. The largest absolute Gasteiger partial charge is 0.309 e. The average Bonchev–Trinajstić information content (AvgIpc) is 3.00. The third-order valence-corrected chi connectivity index (χ3v) is 3.37. The van der Waals surface area contributed by atoms with Crippen LogP contribution in [-0.4, -0.2) is 11.9 Å². The van der Waals surface area contributed by atoms with E-state index in [9.17, 15) is 4.79 Å². The first-order chi connectivity index (χ1) is 7.27. The molecule has 0 N–H and O–H groups in total. The number of hydrogen-bond acceptors (Lipinski definition) is 1. The van der Waals surface area contributed by atoms with E-state index in [-0.39, 0.29) is 0 Å². The van der Waals surface area contributed by atoms with Crippen LogP contribution >= 0.6 is 0 Å². The minimum atomic E-state index is 0.318. The van der Waals surface area contributed by atoms with E-state index < -0.39 is 0 Å². The highest BCUT2D eigenvalue weighted by molar-refractivity contribution is 5.98. The van der Waals surface area contributed by atoms with Crippen molar-refractivity contribution >= 4 is 11.6 Å². The molecule has 2 aliphatic rings. The highest BCUT2D eigenvalue weighted by atomic mass is 16.2. The van der Waals surface area contributed by atoms with Crippen molar-refractivity contribution in [3.63, 3.8) is 0 Å². The molecule has 78 valence electrons. The predicted octanol–water partition coefficient (Wildman–Crippen LogP) is 2.37. The fourth-order valence-corrected chi connectivity index (χ4v) is 2.43. The zero-order valence-corrected chi connectivity index (χ0v) is 8.94. The zero-order chi connectivity index (χ0) is 10.4. The summed E-state index contributed by atoms with van der Waals surface area (Å²) in [7, 11) is 0. The molecule has 1 amide bonds. The van der Waals surface area contributed by atoms with Gasteiger partial charge in [-0.3, -0.25) is 4.79 Å². The Balaban J connectivity index is 1.97. The molecule has 0 aromatic heterocycles. The van der Waals surface area contributed by atoms with E-state index >= 15 is 0 Å². The molecule has 0 unspecified atom stereocenters. The van der Waals surface area contributed by atoms with E-state index in [1.165, 1.54) is 5.56 Å². The summed E-state index contributed by atoms with van der Waals surface area (Å²) in [5.41, 5.74) is 2.46. The highest BCUT2D eigenvalue weighted by Crippen LogP contribution is 2.38. The van der Waals surface area contributed by atoms with Crippen molar-refractivity contribution in [2.75, 3.05) is 4.90 Å². The second kappa shape index (κ2) is 3.09. The Kier molecular flexibility index (Phi) is 1.84. The quantitative estimate of drug-likeness (QED) is 0.683. The molecule has 2 heteroatoms. The third kappa shape index (κ3) is 1.36. The third-order valence-electron chi connectivity index (χ3n) is 3.37. The van der Waals surface area contributed by atoms with Gasteiger partial charge in [0.1, 0.15) is 0 Å². The fraction of sp³-hybridized carbons (Fsp3) is 0.462. The molecule has 0 bridgehead atoms. The maximum atomic E-state index is 12.1. The molecule has 1 aromatic carbocycles. The first kappa shape index (κ1) is 8.96. The fourth-order valence-electron chi connectivity index (χ4n) is 2.43. The highest BCUT2D eigenvalue weighted by Gasteiger charge is 2.39. The van der Waals surface area contributed by atoms with Gasteiger partial charge in [0.2, 0.25) is 5.91 Å². The molecule has 1 aliphatic heterocycles. The maximum Gasteiger partial charge on any atom is 0.230 e. The summed E-state index contributed by atoms with van der Waals surface area (Å²) in [6, 6.07) is 8.61. The molecule has 0 radical (unpaired) electrons. The summed E-state index contributed by atoms with van der Waals surface area (Å²) in [5.74, 6) is 0.658. The molecule has 1 atom stereocenters. The number of benzene rings is 1. The smallest absolute Gasteiger partial charge is 0.230 e. The van der Waals surface area contributed by atoms with Crippen LogP contribution in [-0.2, 0) is 11.2 Å². The van der Waals surface area contributed by atoms with Crippen LogP contribution in [0.1, 0.15) is 25.3 Å². The Hall–Kier alpha value is -1.31. The average molecular weight is 201 g/mol. The van der Waals surface area contributed by atoms with E-state index in [1.54, 1.807) is 0 Å². The van der Waals surface area contributed by atoms with Crippen molar-refractivity contribution in [2.45, 2.75) is 32.2 Å². The topological polar surface area (TPSA) is 20.3 Å². The van der Waals surface area contributed by atoms with Crippen LogP contribution in [0.15, 0.2) is 24.3 Å². The van der Waals surface area contributed by atoms with Gasteiger partial charge in [-0.25, -0.2) is 0 Å². The molecule has 1 aromatic rings. The van der Waals surface area contributed by atoms with Crippen LogP contribution in [0.3, 0.4) is 0 Å². The minimum Gasteiger partial charge on any atom is -0.309 e. The van der Waals surface area contributed by atoms with Gasteiger partial charge in [0.05, 0.1) is 0 Å². The molecule has 15 heavy (non-hydrogen) atoms. The number of para-hydroxylation sites is 1. The number of nitrogens with zero attached hydrogens (tertiary/aromatic N) is 1. The summed E-state index contributed by atoms with van der Waals surface area (Å²) in [6.07, 6.45) is 3.18. The normalized spacial score (nSPS) is 24.1. The first-order valence-corrected chi connectivity index (χ1v) is 5.68. The number of rotatable bonds is 1. The Labute approximate surface area is 89.9 Å². The van der Waals surface area contributed by atoms with Crippen molar-refractivity contribution in [3.05, 3.63) is 29.8 Å².